The van der Waals surface area contributed by atoms with Gasteiger partial charge in [0.05, 0.1) is 22.7 Å². The van der Waals surface area contributed by atoms with Gasteiger partial charge in [0.2, 0.25) is 0 Å². The number of hydrogen-bond acceptors (Lipinski definition) is 4. The third-order valence-corrected chi connectivity index (χ3v) is 3.52. The van der Waals surface area contributed by atoms with E-state index in [0.717, 1.165) is 5.56 Å². The molecule has 0 spiro atoms. The van der Waals surface area contributed by atoms with Gasteiger partial charge in [-0.1, -0.05) is 17.7 Å². The Balaban J connectivity index is 2.11. The highest BCUT2D eigenvalue weighted by atomic mass is 35.5. The molecule has 0 amide bonds. The van der Waals surface area contributed by atoms with E-state index >= 15 is 0 Å². The SMILES string of the molecule is O=[N+]([O-])c1ccc(CC2COCCC2O)c(Cl)c1. The highest BCUT2D eigenvalue weighted by Gasteiger charge is 2.25. The Hall–Kier alpha value is -1.17. The number of halogens is 1. The van der Waals surface area contributed by atoms with Crippen molar-refractivity contribution in [2.45, 2.75) is 18.9 Å². The van der Waals surface area contributed by atoms with Gasteiger partial charge in [0.15, 0.2) is 0 Å². The monoisotopic (exact) mass is 271 g/mol. The highest BCUT2D eigenvalue weighted by molar-refractivity contribution is 6.31. The summed E-state index contributed by atoms with van der Waals surface area (Å²) in [5.74, 6) is -0.00212. The zero-order chi connectivity index (χ0) is 13.1. The maximum atomic E-state index is 10.6. The van der Waals surface area contributed by atoms with Gasteiger partial charge in [-0.05, 0) is 18.4 Å². The number of rotatable bonds is 3. The van der Waals surface area contributed by atoms with Gasteiger partial charge in [0.1, 0.15) is 0 Å². The molecule has 0 radical (unpaired) electrons. The number of aliphatic hydroxyl groups is 1. The molecule has 1 heterocycles. The summed E-state index contributed by atoms with van der Waals surface area (Å²) in [5, 5.41) is 20.8. The molecule has 0 bridgehead atoms. The Morgan fingerprint density at radius 2 is 2.33 bits per heavy atom. The largest absolute Gasteiger partial charge is 0.393 e. The second kappa shape index (κ2) is 5.65. The summed E-state index contributed by atoms with van der Waals surface area (Å²) < 4.78 is 5.32. The van der Waals surface area contributed by atoms with E-state index in [-0.39, 0.29) is 11.6 Å². The van der Waals surface area contributed by atoms with Crippen LogP contribution >= 0.6 is 11.6 Å². The Kier molecular flexibility index (Phi) is 4.16. The summed E-state index contributed by atoms with van der Waals surface area (Å²) in [6.07, 6.45) is 0.790. The van der Waals surface area contributed by atoms with Gasteiger partial charge in [0, 0.05) is 24.7 Å². The predicted molar refractivity (Wildman–Crippen MR) is 66.7 cm³/mol. The van der Waals surface area contributed by atoms with Crippen molar-refractivity contribution in [3.63, 3.8) is 0 Å². The minimum Gasteiger partial charge on any atom is -0.393 e. The van der Waals surface area contributed by atoms with Crippen molar-refractivity contribution < 1.29 is 14.8 Å². The number of ether oxygens (including phenoxy) is 1. The van der Waals surface area contributed by atoms with Crippen molar-refractivity contribution in [1.82, 2.24) is 0 Å². The molecule has 1 aliphatic heterocycles. The van der Waals surface area contributed by atoms with E-state index in [4.69, 9.17) is 16.3 Å². The van der Waals surface area contributed by atoms with Crippen LogP contribution in [0, 0.1) is 16.0 Å². The number of hydrogen-bond donors (Lipinski definition) is 1. The molecule has 2 rings (SSSR count). The first-order valence-corrected chi connectivity index (χ1v) is 6.14. The minimum atomic E-state index is -0.478. The lowest BCUT2D eigenvalue weighted by atomic mass is 9.91. The van der Waals surface area contributed by atoms with Gasteiger partial charge in [-0.15, -0.1) is 0 Å². The second-order valence-electron chi connectivity index (χ2n) is 4.43. The first-order chi connectivity index (χ1) is 8.58. The Labute approximate surface area is 109 Å². The topological polar surface area (TPSA) is 72.6 Å². The van der Waals surface area contributed by atoms with Crippen LogP contribution in [-0.4, -0.2) is 29.3 Å². The lowest BCUT2D eigenvalue weighted by Gasteiger charge is -2.27. The van der Waals surface area contributed by atoms with Crippen molar-refractivity contribution in [3.8, 4) is 0 Å². The number of benzene rings is 1. The molecule has 6 heteroatoms. The molecule has 18 heavy (non-hydrogen) atoms. The number of nitrogens with zero attached hydrogens (tertiary/aromatic N) is 1. The summed E-state index contributed by atoms with van der Waals surface area (Å²) in [5.41, 5.74) is 0.779. The molecule has 1 aromatic carbocycles. The highest BCUT2D eigenvalue weighted by Crippen LogP contribution is 2.27. The van der Waals surface area contributed by atoms with Crippen molar-refractivity contribution in [3.05, 3.63) is 38.9 Å². The van der Waals surface area contributed by atoms with Crippen molar-refractivity contribution in [2.75, 3.05) is 13.2 Å². The quantitative estimate of drug-likeness (QED) is 0.676. The third kappa shape index (κ3) is 2.98. The fourth-order valence-electron chi connectivity index (χ4n) is 2.08. The first-order valence-electron chi connectivity index (χ1n) is 5.76. The van der Waals surface area contributed by atoms with Crippen molar-refractivity contribution >= 4 is 17.3 Å². The molecule has 0 aromatic heterocycles. The van der Waals surface area contributed by atoms with E-state index in [1.807, 2.05) is 0 Å². The van der Waals surface area contributed by atoms with E-state index < -0.39 is 11.0 Å². The fourth-order valence-corrected chi connectivity index (χ4v) is 2.33. The molecular formula is C12H14ClNO4. The van der Waals surface area contributed by atoms with Crippen LogP contribution in [-0.2, 0) is 11.2 Å². The van der Waals surface area contributed by atoms with Gasteiger partial charge in [-0.2, -0.15) is 0 Å². The molecule has 0 saturated carbocycles. The van der Waals surface area contributed by atoms with Crippen molar-refractivity contribution in [2.24, 2.45) is 5.92 Å². The second-order valence-corrected chi connectivity index (χ2v) is 4.84. The van der Waals surface area contributed by atoms with E-state index in [1.54, 1.807) is 6.07 Å². The molecule has 1 N–H and O–H groups in total. The number of nitro groups is 1. The van der Waals surface area contributed by atoms with E-state index in [1.165, 1.54) is 12.1 Å². The molecular weight excluding hydrogens is 258 g/mol. The van der Waals surface area contributed by atoms with Gasteiger partial charge in [-0.3, -0.25) is 10.1 Å². The van der Waals surface area contributed by atoms with Crippen LogP contribution in [0.3, 0.4) is 0 Å². The van der Waals surface area contributed by atoms with Crippen LogP contribution in [0.2, 0.25) is 5.02 Å². The van der Waals surface area contributed by atoms with Crippen LogP contribution in [0.1, 0.15) is 12.0 Å². The van der Waals surface area contributed by atoms with Crippen LogP contribution in [0.4, 0.5) is 5.69 Å². The first kappa shape index (κ1) is 13.3. The molecule has 2 unspecified atom stereocenters. The molecule has 1 aromatic rings. The number of aliphatic hydroxyl groups excluding tert-OH is 1. The standard InChI is InChI=1S/C12H14ClNO4/c13-11-6-10(14(16)17)2-1-8(11)5-9-7-18-4-3-12(9)15/h1-2,6,9,12,15H,3-5,7H2. The fraction of sp³-hybridized carbons (Fsp3) is 0.500. The third-order valence-electron chi connectivity index (χ3n) is 3.16. The van der Waals surface area contributed by atoms with Crippen LogP contribution in [0.15, 0.2) is 18.2 Å². The van der Waals surface area contributed by atoms with Crippen LogP contribution in [0.25, 0.3) is 0 Å². The van der Waals surface area contributed by atoms with E-state index in [2.05, 4.69) is 0 Å². The van der Waals surface area contributed by atoms with Gasteiger partial charge < -0.3 is 9.84 Å². The normalized spacial score (nSPS) is 23.9. The van der Waals surface area contributed by atoms with E-state index in [0.29, 0.717) is 31.1 Å². The zero-order valence-electron chi connectivity index (χ0n) is 9.71. The smallest absolute Gasteiger partial charge is 0.270 e. The Morgan fingerprint density at radius 3 is 2.94 bits per heavy atom. The summed E-state index contributed by atoms with van der Waals surface area (Å²) >= 11 is 6.01. The summed E-state index contributed by atoms with van der Waals surface area (Å²) in [7, 11) is 0. The molecule has 5 nitrogen and oxygen atoms in total. The van der Waals surface area contributed by atoms with Gasteiger partial charge >= 0.3 is 0 Å². The lowest BCUT2D eigenvalue weighted by Crippen LogP contribution is -2.33. The minimum absolute atomic E-state index is 0.00212. The van der Waals surface area contributed by atoms with Gasteiger partial charge in [0.25, 0.3) is 5.69 Å². The number of nitro benzene ring substituents is 1. The van der Waals surface area contributed by atoms with Gasteiger partial charge in [-0.25, -0.2) is 0 Å². The van der Waals surface area contributed by atoms with Crippen LogP contribution < -0.4 is 0 Å². The number of non-ortho nitro benzene ring substituents is 1. The maximum Gasteiger partial charge on any atom is 0.270 e. The van der Waals surface area contributed by atoms with E-state index in [9.17, 15) is 15.2 Å². The molecule has 98 valence electrons. The average molecular weight is 272 g/mol. The lowest BCUT2D eigenvalue weighted by molar-refractivity contribution is -0.384. The van der Waals surface area contributed by atoms with Crippen LogP contribution in [0.5, 0.6) is 0 Å². The molecule has 1 fully saturated rings. The van der Waals surface area contributed by atoms with Crippen molar-refractivity contribution in [1.29, 1.82) is 0 Å². The molecule has 2 atom stereocenters. The zero-order valence-corrected chi connectivity index (χ0v) is 10.5. The summed E-state index contributed by atoms with van der Waals surface area (Å²) in [4.78, 5) is 10.1. The maximum absolute atomic E-state index is 10.6. The molecule has 1 saturated heterocycles. The Bertz CT molecular complexity index is 452. The summed E-state index contributed by atoms with van der Waals surface area (Å²) in [6, 6.07) is 4.41. The average Bonchev–Trinajstić information content (AvgIpc) is 2.34. The molecule has 0 aliphatic carbocycles. The Morgan fingerprint density at radius 1 is 1.56 bits per heavy atom. The predicted octanol–water partition coefficient (Wildman–Crippen LogP) is 2.19. The molecule has 1 aliphatic rings. The summed E-state index contributed by atoms with van der Waals surface area (Å²) in [6.45, 7) is 1.07.